The smallest absolute Gasteiger partial charge is 0.252 e. The Morgan fingerprint density at radius 2 is 1.37 bits per heavy atom. The number of hydrogen-bond donors (Lipinski definition) is 0. The minimum absolute atomic E-state index is 0.0210. The average Bonchev–Trinajstić information content (AvgIpc) is 3.98. The fourth-order valence-corrected chi connectivity index (χ4v) is 14.0. The maximum atomic E-state index is 6.97. The lowest BCUT2D eigenvalue weighted by molar-refractivity contribution is 0.195. The van der Waals surface area contributed by atoms with Crippen LogP contribution < -0.4 is 26.2 Å². The van der Waals surface area contributed by atoms with E-state index >= 15 is 0 Å². The highest BCUT2D eigenvalue weighted by molar-refractivity contribution is 7.00. The summed E-state index contributed by atoms with van der Waals surface area (Å²) in [7, 11) is 0. The number of furan rings is 1. The van der Waals surface area contributed by atoms with Crippen LogP contribution in [0.2, 0.25) is 0 Å². The second kappa shape index (κ2) is 12.3. The van der Waals surface area contributed by atoms with Crippen molar-refractivity contribution < 1.29 is 4.42 Å². The van der Waals surface area contributed by atoms with Crippen molar-refractivity contribution in [3.05, 3.63) is 161 Å². The van der Waals surface area contributed by atoms with Crippen molar-refractivity contribution in [3.8, 4) is 16.9 Å². The first-order chi connectivity index (χ1) is 31.3. The van der Waals surface area contributed by atoms with E-state index in [1.54, 1.807) is 0 Å². The monoisotopic (exact) mass is 843 g/mol. The van der Waals surface area contributed by atoms with Gasteiger partial charge in [-0.05, 0) is 119 Å². The van der Waals surface area contributed by atoms with Crippen molar-refractivity contribution in [2.75, 3.05) is 9.80 Å². The van der Waals surface area contributed by atoms with E-state index in [2.05, 4.69) is 203 Å². The zero-order valence-electron chi connectivity index (χ0n) is 38.9. The summed E-state index contributed by atoms with van der Waals surface area (Å²) in [6, 6.07) is 51.4. The Labute approximate surface area is 382 Å². The molecular formula is C60H54BN3O. The molecule has 0 saturated heterocycles. The Hall–Kier alpha value is -6.46. The van der Waals surface area contributed by atoms with E-state index in [0.717, 1.165) is 34.0 Å². The van der Waals surface area contributed by atoms with E-state index in [1.165, 1.54) is 114 Å². The maximum Gasteiger partial charge on any atom is 0.252 e. The SMILES string of the molecule is Cc1cc2c3c(c1)-n1c4c(c5cccc(c51)B3c1ccc(N3c5ccc(C(C)(C)C)cc5C5(C)CCCCC35C)cc1N2c1cccc2c1oc1ccccc12)C(C)(C)c1ccccc1-4. The molecule has 14 rings (SSSR count). The van der Waals surface area contributed by atoms with Gasteiger partial charge in [0.25, 0.3) is 6.71 Å². The Bertz CT molecular complexity index is 3600. The van der Waals surface area contributed by atoms with Gasteiger partial charge in [-0.25, -0.2) is 0 Å². The summed E-state index contributed by atoms with van der Waals surface area (Å²) in [6.07, 6.45) is 4.84. The van der Waals surface area contributed by atoms with Gasteiger partial charge in [0.05, 0.1) is 16.9 Å². The zero-order chi connectivity index (χ0) is 44.1. The van der Waals surface area contributed by atoms with Crippen LogP contribution in [0.4, 0.5) is 28.4 Å². The van der Waals surface area contributed by atoms with Crippen LogP contribution in [0.15, 0.2) is 138 Å². The van der Waals surface area contributed by atoms with Crippen LogP contribution in [0.25, 0.3) is 49.8 Å². The van der Waals surface area contributed by atoms with E-state index in [4.69, 9.17) is 4.42 Å². The first-order valence-electron chi connectivity index (χ1n) is 24.0. The summed E-state index contributed by atoms with van der Waals surface area (Å²) < 4.78 is 9.62. The number of nitrogens with zero attached hydrogens (tertiary/aromatic N) is 3. The van der Waals surface area contributed by atoms with E-state index in [-0.39, 0.29) is 28.5 Å². The molecule has 1 fully saturated rings. The summed E-state index contributed by atoms with van der Waals surface area (Å²) >= 11 is 0. The van der Waals surface area contributed by atoms with E-state index < -0.39 is 0 Å². The average molecular weight is 844 g/mol. The molecule has 5 heteroatoms. The van der Waals surface area contributed by atoms with Gasteiger partial charge in [0.2, 0.25) is 0 Å². The van der Waals surface area contributed by atoms with Crippen LogP contribution in [0.3, 0.4) is 0 Å². The third kappa shape index (κ3) is 4.55. The number of anilines is 5. The molecular weight excluding hydrogens is 789 g/mol. The number of rotatable bonds is 2. The van der Waals surface area contributed by atoms with Crippen LogP contribution in [0, 0.1) is 6.92 Å². The van der Waals surface area contributed by atoms with Gasteiger partial charge in [-0.2, -0.15) is 0 Å². The number of aromatic nitrogens is 1. The summed E-state index contributed by atoms with van der Waals surface area (Å²) in [5.41, 5.74) is 24.3. The number of aryl methyl sites for hydroxylation is 1. The normalized spacial score (nSPS) is 20.8. The first kappa shape index (κ1) is 37.9. The van der Waals surface area contributed by atoms with E-state index in [0.29, 0.717) is 0 Å². The summed E-state index contributed by atoms with van der Waals surface area (Å²) in [6.45, 7) is 19.4. The van der Waals surface area contributed by atoms with Crippen LogP contribution in [-0.4, -0.2) is 16.8 Å². The quantitative estimate of drug-likeness (QED) is 0.162. The van der Waals surface area contributed by atoms with Crippen LogP contribution in [0.1, 0.15) is 102 Å². The second-order valence-electron chi connectivity index (χ2n) is 22.1. The van der Waals surface area contributed by atoms with Gasteiger partial charge >= 0.3 is 0 Å². The van der Waals surface area contributed by atoms with Crippen molar-refractivity contribution in [1.29, 1.82) is 0 Å². The molecule has 4 nitrogen and oxygen atoms in total. The predicted molar refractivity (Wildman–Crippen MR) is 274 cm³/mol. The molecule has 2 atom stereocenters. The van der Waals surface area contributed by atoms with Gasteiger partial charge in [0.1, 0.15) is 5.58 Å². The number of benzene rings is 7. The summed E-state index contributed by atoms with van der Waals surface area (Å²) in [4.78, 5) is 5.35. The predicted octanol–water partition coefficient (Wildman–Crippen LogP) is 13.8. The number of fused-ring (bicyclic) bond motifs is 15. The molecule has 0 amide bonds. The highest BCUT2D eigenvalue weighted by atomic mass is 16.3. The number of para-hydroxylation sites is 3. The third-order valence-corrected chi connectivity index (χ3v) is 17.3. The molecule has 2 aliphatic carbocycles. The minimum Gasteiger partial charge on any atom is -0.454 e. The molecule has 318 valence electrons. The first-order valence-corrected chi connectivity index (χ1v) is 24.0. The topological polar surface area (TPSA) is 24.6 Å². The van der Waals surface area contributed by atoms with Gasteiger partial charge in [-0.1, -0.05) is 145 Å². The van der Waals surface area contributed by atoms with Crippen LogP contribution >= 0.6 is 0 Å². The highest BCUT2D eigenvalue weighted by Crippen LogP contribution is 2.62. The summed E-state index contributed by atoms with van der Waals surface area (Å²) in [5.74, 6) is 0. The number of hydrogen-bond acceptors (Lipinski definition) is 3. The van der Waals surface area contributed by atoms with Crippen molar-refractivity contribution in [3.63, 3.8) is 0 Å². The van der Waals surface area contributed by atoms with Crippen molar-refractivity contribution in [2.45, 2.75) is 103 Å². The minimum atomic E-state index is -0.139. The molecule has 7 aromatic carbocycles. The largest absolute Gasteiger partial charge is 0.454 e. The van der Waals surface area contributed by atoms with Gasteiger partial charge < -0.3 is 18.8 Å². The lowest BCUT2D eigenvalue weighted by atomic mass is 9.33. The molecule has 2 aromatic heterocycles. The fraction of sp³-hybridized carbons (Fsp3) is 0.267. The molecule has 9 aromatic rings. The Morgan fingerprint density at radius 1 is 0.615 bits per heavy atom. The molecule has 3 aliphatic heterocycles. The zero-order valence-corrected chi connectivity index (χ0v) is 38.9. The molecule has 0 spiro atoms. The van der Waals surface area contributed by atoms with Gasteiger partial charge in [0, 0.05) is 66.5 Å². The Morgan fingerprint density at radius 3 is 2.23 bits per heavy atom. The molecule has 1 saturated carbocycles. The molecule has 0 radical (unpaired) electrons. The molecule has 0 bridgehead atoms. The van der Waals surface area contributed by atoms with Crippen molar-refractivity contribution in [1.82, 2.24) is 4.57 Å². The molecule has 5 aliphatic rings. The van der Waals surface area contributed by atoms with Crippen molar-refractivity contribution in [2.24, 2.45) is 0 Å². The molecule has 65 heavy (non-hydrogen) atoms. The van der Waals surface area contributed by atoms with Crippen LogP contribution in [0.5, 0.6) is 0 Å². The van der Waals surface area contributed by atoms with E-state index in [9.17, 15) is 0 Å². The third-order valence-electron chi connectivity index (χ3n) is 17.3. The fourth-order valence-electron chi connectivity index (χ4n) is 14.0. The summed E-state index contributed by atoms with van der Waals surface area (Å²) in [5, 5.41) is 3.66. The molecule has 5 heterocycles. The van der Waals surface area contributed by atoms with Gasteiger partial charge in [0.15, 0.2) is 5.58 Å². The van der Waals surface area contributed by atoms with Crippen molar-refractivity contribution >= 4 is 84.4 Å². The second-order valence-corrected chi connectivity index (χ2v) is 22.1. The van der Waals surface area contributed by atoms with E-state index in [1.807, 2.05) is 0 Å². The maximum absolute atomic E-state index is 6.97. The lowest BCUT2D eigenvalue weighted by Gasteiger charge is -2.50. The van der Waals surface area contributed by atoms with Gasteiger partial charge in [-0.3, -0.25) is 0 Å². The lowest BCUT2D eigenvalue weighted by Crippen LogP contribution is -2.60. The standard InChI is InChI=1S/C60H54BN3O/c1-35-31-49-53-50(32-35)63-54-41(52-55(63)40-18-9-11-21-42(40)58(52,5)6)20-15-22-45(54)61(53)44-27-26-37(34-48(44)62(49)47-23-16-19-39-38-17-10-12-24-51(38)65-56(39)47)64-46-28-25-36(57(2,3)4)33-43(46)59(7)29-13-14-30-60(59,64)8/h9-12,15-28,31-34H,13-14,29-30H2,1-8H3. The highest BCUT2D eigenvalue weighted by Gasteiger charge is 2.58. The molecule has 0 N–H and O–H groups in total. The molecule has 2 unspecified atom stereocenters. The Balaban J connectivity index is 1.08. The van der Waals surface area contributed by atoms with Gasteiger partial charge in [-0.15, -0.1) is 0 Å². The Kier molecular flexibility index (Phi) is 7.14. The van der Waals surface area contributed by atoms with Crippen LogP contribution in [-0.2, 0) is 16.2 Å².